The minimum Gasteiger partial charge on any atom is -0.348 e. The van der Waals surface area contributed by atoms with Gasteiger partial charge in [-0.15, -0.1) is 11.3 Å². The normalized spacial score (nSPS) is 16.1. The monoisotopic (exact) mass is 565 g/mol. The van der Waals surface area contributed by atoms with Crippen LogP contribution in [0.1, 0.15) is 52.0 Å². The van der Waals surface area contributed by atoms with E-state index in [1.807, 2.05) is 23.5 Å². The van der Waals surface area contributed by atoms with Gasteiger partial charge in [0.1, 0.15) is 6.29 Å². The zero-order valence-electron chi connectivity index (χ0n) is 22.6. The molecule has 2 aliphatic rings. The molecule has 7 heteroatoms. The Labute approximate surface area is 240 Å². The van der Waals surface area contributed by atoms with Crippen LogP contribution in [-0.2, 0) is 6.54 Å². The second kappa shape index (κ2) is 12.6. The second-order valence-corrected chi connectivity index (χ2v) is 13.5. The number of benzene rings is 3. The zero-order chi connectivity index (χ0) is 28.1. The summed E-state index contributed by atoms with van der Waals surface area (Å²) in [7, 11) is -0.797. The van der Waals surface area contributed by atoms with Crippen molar-refractivity contribution in [3.8, 4) is 16.6 Å². The molecule has 1 atom stereocenters. The predicted molar refractivity (Wildman–Crippen MR) is 167 cm³/mol. The Morgan fingerprint density at radius 1 is 1.15 bits per heavy atom. The molecule has 1 unspecified atom stereocenters. The maximum absolute atomic E-state index is 12.0. The first-order valence-electron chi connectivity index (χ1n) is 13.5. The van der Waals surface area contributed by atoms with Crippen LogP contribution in [0.15, 0.2) is 79.4 Å². The average molecular weight is 566 g/mol. The van der Waals surface area contributed by atoms with Crippen LogP contribution < -0.4 is 5.32 Å². The molecule has 2 fully saturated rings. The third-order valence-corrected chi connectivity index (χ3v) is 10.7. The number of hydrogen-bond donors (Lipinski definition) is 1. The molecule has 0 spiro atoms. The molecular formula is C33H32N3O2PS. The lowest BCUT2D eigenvalue weighted by Gasteiger charge is -2.11. The maximum atomic E-state index is 12.0. The fourth-order valence-electron chi connectivity index (χ4n) is 4.87. The van der Waals surface area contributed by atoms with Crippen LogP contribution >= 0.6 is 19.3 Å². The summed E-state index contributed by atoms with van der Waals surface area (Å²) in [4.78, 5) is 27.1. The van der Waals surface area contributed by atoms with Crippen molar-refractivity contribution in [3.63, 3.8) is 0 Å². The number of fused-ring (bicyclic) bond motifs is 1. The molecule has 1 aromatic heterocycles. The van der Waals surface area contributed by atoms with Gasteiger partial charge in [-0.1, -0.05) is 55.1 Å². The first-order valence-corrected chi connectivity index (χ1v) is 16.0. The highest BCUT2D eigenvalue weighted by molar-refractivity contribution is 7.74. The molecule has 1 saturated carbocycles. The molecule has 1 aliphatic heterocycles. The Balaban J connectivity index is 0.000000162. The van der Waals surface area contributed by atoms with E-state index in [-0.39, 0.29) is 5.65 Å². The summed E-state index contributed by atoms with van der Waals surface area (Å²) in [5, 5.41) is 14.4. The molecule has 5 nitrogen and oxygen atoms in total. The lowest BCUT2D eigenvalue weighted by molar-refractivity contribution is 0.112. The molecule has 4 aromatic rings. The molecule has 3 aromatic carbocycles. The smallest absolute Gasteiger partial charge is 0.243 e. The molecule has 1 amide bonds. The highest BCUT2D eigenvalue weighted by Gasteiger charge is 2.27. The van der Waals surface area contributed by atoms with Crippen LogP contribution in [0.4, 0.5) is 4.79 Å². The van der Waals surface area contributed by atoms with Crippen LogP contribution in [0.25, 0.3) is 26.8 Å². The number of carbonyl (C=O) groups excluding carboxylic acids is 2. The minimum absolute atomic E-state index is 0.00783. The largest absolute Gasteiger partial charge is 0.348 e. The van der Waals surface area contributed by atoms with Crippen molar-refractivity contribution in [1.29, 1.82) is 5.26 Å². The fourth-order valence-corrected chi connectivity index (χ4v) is 7.66. The number of carbonyl (C=O) groups is 2. The van der Waals surface area contributed by atoms with E-state index < -0.39 is 7.92 Å². The molecule has 40 heavy (non-hydrogen) atoms. The van der Waals surface area contributed by atoms with E-state index in [4.69, 9.17) is 5.26 Å². The summed E-state index contributed by atoms with van der Waals surface area (Å²) in [6, 6.07) is 25.1. The van der Waals surface area contributed by atoms with Gasteiger partial charge < -0.3 is 10.2 Å². The molecule has 202 valence electrons. The topological polar surface area (TPSA) is 73.2 Å². The van der Waals surface area contributed by atoms with E-state index in [2.05, 4.69) is 73.5 Å². The first kappa shape index (κ1) is 27.8. The van der Waals surface area contributed by atoms with Crippen molar-refractivity contribution in [2.24, 2.45) is 0 Å². The fraction of sp³-hybridized carbons (Fsp3) is 0.242. The van der Waals surface area contributed by atoms with Crippen LogP contribution in [-0.4, -0.2) is 35.8 Å². The molecule has 0 radical (unpaired) electrons. The maximum Gasteiger partial charge on any atom is 0.243 e. The third-order valence-electron chi connectivity index (χ3n) is 7.24. The van der Waals surface area contributed by atoms with Gasteiger partial charge in [0.2, 0.25) is 5.65 Å². The van der Waals surface area contributed by atoms with Gasteiger partial charge in [0.15, 0.2) is 6.19 Å². The van der Waals surface area contributed by atoms with Crippen molar-refractivity contribution in [2.45, 2.75) is 32.2 Å². The van der Waals surface area contributed by atoms with Gasteiger partial charge in [0, 0.05) is 36.3 Å². The van der Waals surface area contributed by atoms with Crippen molar-refractivity contribution in [3.05, 3.63) is 101 Å². The second-order valence-electron chi connectivity index (χ2n) is 10.2. The number of nitrogens with one attached hydrogen (secondary N) is 1. The van der Waals surface area contributed by atoms with Crippen LogP contribution in [0, 0.1) is 11.5 Å². The summed E-state index contributed by atoms with van der Waals surface area (Å²) >= 11 is 1.84. The number of thiophene rings is 1. The Kier molecular flexibility index (Phi) is 8.75. The van der Waals surface area contributed by atoms with Gasteiger partial charge in [-0.05, 0) is 89.1 Å². The van der Waals surface area contributed by atoms with Crippen LogP contribution in [0.2, 0.25) is 0 Å². The Morgan fingerprint density at radius 3 is 2.62 bits per heavy atom. The number of amides is 1. The standard InChI is InChI=1S/C20H18S.C13H14N3O2P/c1-13(2)19-9-10-20(21-19)16-11-15-5-3-4-6-17(15)18(12-16)14-7-8-14;14-9-16-5-6-19(10-16)13(18)15-7-11-3-1-2-4-12(11)8-17/h3-6,9-12,14H,1,7-8H2,2H3;1-4,8H,5-7,10H2,(H,15,18). The molecule has 1 aliphatic carbocycles. The Hall–Kier alpha value is -3.78. The summed E-state index contributed by atoms with van der Waals surface area (Å²) < 4.78 is 0. The quantitative estimate of drug-likeness (QED) is 0.139. The van der Waals surface area contributed by atoms with Gasteiger partial charge >= 0.3 is 0 Å². The van der Waals surface area contributed by atoms with Crippen molar-refractivity contribution in [1.82, 2.24) is 10.2 Å². The first-order chi connectivity index (χ1) is 19.5. The Morgan fingerprint density at radius 2 is 1.93 bits per heavy atom. The van der Waals surface area contributed by atoms with Gasteiger partial charge in [0.05, 0.1) is 6.29 Å². The minimum atomic E-state index is -0.797. The molecule has 0 bridgehead atoms. The number of nitrogens with zero attached hydrogens (tertiary/aromatic N) is 2. The summed E-state index contributed by atoms with van der Waals surface area (Å²) in [5.41, 5.74) is 5.46. The number of aldehydes is 1. The van der Waals surface area contributed by atoms with Gasteiger partial charge in [-0.25, -0.2) is 0 Å². The number of allylic oxidation sites excluding steroid dienone is 1. The molecule has 1 N–H and O–H groups in total. The van der Waals surface area contributed by atoms with Crippen molar-refractivity contribution < 1.29 is 9.59 Å². The number of nitriles is 1. The van der Waals surface area contributed by atoms with E-state index in [0.29, 0.717) is 24.9 Å². The number of rotatable bonds is 7. The van der Waals surface area contributed by atoms with Crippen molar-refractivity contribution in [2.75, 3.05) is 19.0 Å². The zero-order valence-corrected chi connectivity index (χ0v) is 24.3. The summed E-state index contributed by atoms with van der Waals surface area (Å²) in [5.74, 6) is 0.774. The number of hydrogen-bond acceptors (Lipinski definition) is 5. The SMILES string of the molecule is C=C(C)c1ccc(-c2cc(C3CC3)c3ccccc3c2)s1.N#CN1CCP(C(=O)NCc2ccccc2C=O)C1. The average Bonchev–Trinajstić information content (AvgIpc) is 3.49. The van der Waals surface area contributed by atoms with E-state index in [0.717, 1.165) is 29.5 Å². The van der Waals surface area contributed by atoms with E-state index in [9.17, 15) is 9.59 Å². The Bertz CT molecular complexity index is 1600. The van der Waals surface area contributed by atoms with E-state index in [1.54, 1.807) is 17.0 Å². The molecule has 2 heterocycles. The summed E-state index contributed by atoms with van der Waals surface area (Å²) in [6.07, 6.45) is 6.86. The highest BCUT2D eigenvalue weighted by Crippen LogP contribution is 2.45. The van der Waals surface area contributed by atoms with Crippen LogP contribution in [0.3, 0.4) is 0 Å². The van der Waals surface area contributed by atoms with Crippen molar-refractivity contribution >= 4 is 47.5 Å². The van der Waals surface area contributed by atoms with Gasteiger partial charge in [-0.3, -0.25) is 9.59 Å². The third kappa shape index (κ3) is 6.50. The van der Waals surface area contributed by atoms with Gasteiger partial charge in [-0.2, -0.15) is 5.26 Å². The van der Waals surface area contributed by atoms with E-state index in [1.165, 1.54) is 44.5 Å². The lowest BCUT2D eigenvalue weighted by Crippen LogP contribution is -2.21. The van der Waals surface area contributed by atoms with E-state index >= 15 is 0 Å². The predicted octanol–water partition coefficient (Wildman–Crippen LogP) is 8.42. The molecular weight excluding hydrogens is 533 g/mol. The molecule has 1 saturated heterocycles. The van der Waals surface area contributed by atoms with Crippen LogP contribution in [0.5, 0.6) is 0 Å². The summed E-state index contributed by atoms with van der Waals surface area (Å²) in [6.45, 7) is 7.15. The molecule has 6 rings (SSSR count). The highest BCUT2D eigenvalue weighted by atomic mass is 32.1. The van der Waals surface area contributed by atoms with Gasteiger partial charge in [0.25, 0.3) is 0 Å². The lowest BCUT2D eigenvalue weighted by atomic mass is 9.97.